The van der Waals surface area contributed by atoms with Crippen molar-refractivity contribution in [2.45, 2.75) is 23.4 Å². The topological polar surface area (TPSA) is 29.1 Å². The molecule has 2 atom stereocenters. The first-order valence-electron chi connectivity index (χ1n) is 7.68. The molecule has 1 saturated carbocycles. The molecule has 0 aromatic heterocycles. The van der Waals surface area contributed by atoms with Gasteiger partial charge in [0.25, 0.3) is 0 Å². The SMILES string of the molecule is O=C(Nc1ccccc1SCC(F)(F)F)C1CC1c1ccc(F)cc1. The number of carbonyl (C=O) groups is 1. The van der Waals surface area contributed by atoms with Crippen LogP contribution in [0.4, 0.5) is 23.2 Å². The Morgan fingerprint density at radius 1 is 1.12 bits per heavy atom. The van der Waals surface area contributed by atoms with Crippen molar-refractivity contribution in [2.24, 2.45) is 5.92 Å². The number of hydrogen-bond acceptors (Lipinski definition) is 2. The molecule has 1 aliphatic carbocycles. The first-order chi connectivity index (χ1) is 11.8. The number of nitrogens with one attached hydrogen (secondary N) is 1. The van der Waals surface area contributed by atoms with E-state index in [1.54, 1.807) is 36.4 Å². The van der Waals surface area contributed by atoms with Gasteiger partial charge < -0.3 is 5.32 Å². The molecule has 2 nitrogen and oxygen atoms in total. The Bertz CT molecular complexity index is 760. The third kappa shape index (κ3) is 4.75. The molecule has 0 saturated heterocycles. The summed E-state index contributed by atoms with van der Waals surface area (Å²) in [5.74, 6) is -1.79. The molecule has 0 heterocycles. The second-order valence-electron chi connectivity index (χ2n) is 5.89. The van der Waals surface area contributed by atoms with Crippen molar-refractivity contribution < 1.29 is 22.4 Å². The predicted octanol–water partition coefficient (Wildman–Crippen LogP) is 5.22. The standard InChI is InChI=1S/C18H15F4NOS/c19-12-7-5-11(6-8-12)13-9-14(13)17(24)23-15-3-1-2-4-16(15)25-10-18(20,21)22/h1-8,13-14H,9-10H2,(H,23,24). The molecule has 0 aliphatic heterocycles. The van der Waals surface area contributed by atoms with Crippen LogP contribution >= 0.6 is 11.8 Å². The van der Waals surface area contributed by atoms with Gasteiger partial charge in [0.05, 0.1) is 11.4 Å². The molecular formula is C18H15F4NOS. The van der Waals surface area contributed by atoms with Gasteiger partial charge in [0, 0.05) is 10.8 Å². The molecule has 0 bridgehead atoms. The number of thioether (sulfide) groups is 1. The largest absolute Gasteiger partial charge is 0.398 e. The van der Waals surface area contributed by atoms with Crippen molar-refractivity contribution in [1.29, 1.82) is 0 Å². The molecule has 2 unspecified atom stereocenters. The van der Waals surface area contributed by atoms with Crippen molar-refractivity contribution in [1.82, 2.24) is 0 Å². The maximum atomic E-state index is 13.0. The minimum Gasteiger partial charge on any atom is -0.325 e. The van der Waals surface area contributed by atoms with E-state index >= 15 is 0 Å². The molecule has 25 heavy (non-hydrogen) atoms. The van der Waals surface area contributed by atoms with Crippen molar-refractivity contribution in [3.63, 3.8) is 0 Å². The Balaban J connectivity index is 1.63. The Morgan fingerprint density at radius 2 is 1.80 bits per heavy atom. The molecule has 1 amide bonds. The number of anilines is 1. The quantitative estimate of drug-likeness (QED) is 0.578. The number of para-hydroxylation sites is 1. The van der Waals surface area contributed by atoms with Gasteiger partial charge in [-0.1, -0.05) is 24.3 Å². The fraction of sp³-hybridized carbons (Fsp3) is 0.278. The van der Waals surface area contributed by atoms with Crippen LogP contribution < -0.4 is 5.32 Å². The summed E-state index contributed by atoms with van der Waals surface area (Å²) in [5, 5.41) is 2.72. The van der Waals surface area contributed by atoms with Gasteiger partial charge in [-0.15, -0.1) is 11.8 Å². The van der Waals surface area contributed by atoms with E-state index in [1.165, 1.54) is 12.1 Å². The summed E-state index contributed by atoms with van der Waals surface area (Å²) in [6.45, 7) is 0. The Kier molecular flexibility index (Phi) is 5.03. The van der Waals surface area contributed by atoms with Crippen LogP contribution in [0.25, 0.3) is 0 Å². The smallest absolute Gasteiger partial charge is 0.325 e. The lowest BCUT2D eigenvalue weighted by molar-refractivity contribution is -0.117. The fourth-order valence-corrected chi connectivity index (χ4v) is 3.41. The minimum atomic E-state index is -4.27. The second kappa shape index (κ2) is 7.07. The fourth-order valence-electron chi connectivity index (χ4n) is 2.64. The molecule has 2 aromatic rings. The lowest BCUT2D eigenvalue weighted by Gasteiger charge is -2.12. The van der Waals surface area contributed by atoms with Crippen molar-refractivity contribution >= 4 is 23.4 Å². The lowest BCUT2D eigenvalue weighted by Crippen LogP contribution is -2.16. The van der Waals surface area contributed by atoms with E-state index in [1.807, 2.05) is 0 Å². The van der Waals surface area contributed by atoms with Gasteiger partial charge in [-0.2, -0.15) is 13.2 Å². The summed E-state index contributed by atoms with van der Waals surface area (Å²) in [6.07, 6.45) is -3.62. The first kappa shape index (κ1) is 17.8. The van der Waals surface area contributed by atoms with Gasteiger partial charge in [-0.3, -0.25) is 4.79 Å². The molecule has 2 aromatic carbocycles. The predicted molar refractivity (Wildman–Crippen MR) is 89.1 cm³/mol. The summed E-state index contributed by atoms with van der Waals surface area (Å²) in [6, 6.07) is 12.4. The zero-order valence-electron chi connectivity index (χ0n) is 13.0. The van der Waals surface area contributed by atoms with E-state index in [-0.39, 0.29) is 23.6 Å². The number of benzene rings is 2. The Hall–Kier alpha value is -2.02. The average molecular weight is 369 g/mol. The minimum absolute atomic E-state index is 0.0237. The van der Waals surface area contributed by atoms with E-state index in [9.17, 15) is 22.4 Å². The third-order valence-electron chi connectivity index (χ3n) is 3.96. The maximum absolute atomic E-state index is 13.0. The highest BCUT2D eigenvalue weighted by molar-refractivity contribution is 7.99. The van der Waals surface area contributed by atoms with Gasteiger partial charge >= 0.3 is 6.18 Å². The molecule has 1 N–H and O–H groups in total. The van der Waals surface area contributed by atoms with Crippen LogP contribution in [0.1, 0.15) is 17.9 Å². The Morgan fingerprint density at radius 3 is 2.48 bits per heavy atom. The van der Waals surface area contributed by atoms with Gasteiger partial charge in [0.2, 0.25) is 5.91 Å². The Labute approximate surface area is 146 Å². The van der Waals surface area contributed by atoms with E-state index in [4.69, 9.17) is 0 Å². The lowest BCUT2D eigenvalue weighted by atomic mass is 10.1. The number of amides is 1. The number of alkyl halides is 3. The number of hydrogen-bond donors (Lipinski definition) is 1. The van der Waals surface area contributed by atoms with Crippen molar-refractivity contribution in [2.75, 3.05) is 11.1 Å². The molecule has 3 rings (SSSR count). The summed E-state index contributed by atoms with van der Waals surface area (Å²) in [5.41, 5.74) is 1.27. The number of rotatable bonds is 5. The summed E-state index contributed by atoms with van der Waals surface area (Å²) in [4.78, 5) is 12.7. The monoisotopic (exact) mass is 369 g/mol. The molecule has 0 spiro atoms. The highest BCUT2D eigenvalue weighted by Crippen LogP contribution is 2.48. The zero-order valence-corrected chi connectivity index (χ0v) is 13.8. The van der Waals surface area contributed by atoms with Crippen LogP contribution in [-0.2, 0) is 4.79 Å². The number of carbonyl (C=O) groups excluding carboxylic acids is 1. The summed E-state index contributed by atoms with van der Waals surface area (Å²) >= 11 is 0.645. The van der Waals surface area contributed by atoms with Crippen LogP contribution in [-0.4, -0.2) is 17.8 Å². The summed E-state index contributed by atoms with van der Waals surface area (Å²) < 4.78 is 50.2. The van der Waals surface area contributed by atoms with Gasteiger partial charge in [-0.25, -0.2) is 4.39 Å². The number of halogens is 4. The zero-order chi connectivity index (χ0) is 18.0. The highest BCUT2D eigenvalue weighted by atomic mass is 32.2. The van der Waals surface area contributed by atoms with E-state index in [0.29, 0.717) is 28.8 Å². The summed E-state index contributed by atoms with van der Waals surface area (Å²) in [7, 11) is 0. The van der Waals surface area contributed by atoms with Gasteiger partial charge in [0.15, 0.2) is 0 Å². The second-order valence-corrected chi connectivity index (χ2v) is 6.91. The van der Waals surface area contributed by atoms with Crippen LogP contribution in [0.15, 0.2) is 53.4 Å². The molecule has 132 valence electrons. The van der Waals surface area contributed by atoms with E-state index in [0.717, 1.165) is 5.56 Å². The van der Waals surface area contributed by atoms with E-state index in [2.05, 4.69) is 5.32 Å². The molecule has 1 fully saturated rings. The molecule has 7 heteroatoms. The highest BCUT2D eigenvalue weighted by Gasteiger charge is 2.44. The van der Waals surface area contributed by atoms with Crippen molar-refractivity contribution in [3.8, 4) is 0 Å². The molecular weight excluding hydrogens is 354 g/mol. The van der Waals surface area contributed by atoms with E-state index < -0.39 is 11.9 Å². The van der Waals surface area contributed by atoms with Crippen LogP contribution in [0.5, 0.6) is 0 Å². The van der Waals surface area contributed by atoms with Gasteiger partial charge in [-0.05, 0) is 42.2 Å². The average Bonchev–Trinajstić information content (AvgIpc) is 3.35. The van der Waals surface area contributed by atoms with Crippen LogP contribution in [0.3, 0.4) is 0 Å². The van der Waals surface area contributed by atoms with Crippen LogP contribution in [0.2, 0.25) is 0 Å². The molecule has 0 radical (unpaired) electrons. The first-order valence-corrected chi connectivity index (χ1v) is 8.67. The third-order valence-corrected chi connectivity index (χ3v) is 5.10. The molecule has 1 aliphatic rings. The maximum Gasteiger partial charge on any atom is 0.398 e. The normalized spacial score (nSPS) is 19.5. The van der Waals surface area contributed by atoms with Crippen LogP contribution in [0, 0.1) is 11.7 Å². The van der Waals surface area contributed by atoms with Gasteiger partial charge in [0.1, 0.15) is 5.82 Å². The van der Waals surface area contributed by atoms with Crippen molar-refractivity contribution in [3.05, 3.63) is 59.9 Å².